The van der Waals surface area contributed by atoms with E-state index in [1.807, 2.05) is 20.8 Å². The Balaban J connectivity index is 1.25. The van der Waals surface area contributed by atoms with E-state index in [1.54, 1.807) is 25.4 Å². The number of halogens is 1. The number of hydrogen-bond donors (Lipinski definition) is 1. The molecule has 2 aliphatic rings. The number of likely N-dealkylation sites (tertiary alicyclic amines) is 1. The van der Waals surface area contributed by atoms with Gasteiger partial charge < -0.3 is 24.3 Å². The van der Waals surface area contributed by atoms with E-state index in [-0.39, 0.29) is 28.6 Å². The van der Waals surface area contributed by atoms with Crippen LogP contribution in [0.1, 0.15) is 33.6 Å². The molecule has 1 amide bonds. The Kier molecular flexibility index (Phi) is 5.45. The summed E-state index contributed by atoms with van der Waals surface area (Å²) < 4.78 is 26.9. The number of ether oxygens (including phenoxy) is 2. The van der Waals surface area contributed by atoms with Gasteiger partial charge in [0, 0.05) is 50.2 Å². The standard InChI is InChI=1S/C23H30FN3O4/c1-22(2,3)31-21(29)25-8-10-27-13-23(14-27)11-15(12-23)30-18-6-5-17(24)19-16(18)7-9-26(4)20(19)28/h5-7,9,15H,8,10-14H2,1-4H3,(H,25,29). The summed E-state index contributed by atoms with van der Waals surface area (Å²) >= 11 is 0. The lowest BCUT2D eigenvalue weighted by Gasteiger charge is -2.58. The van der Waals surface area contributed by atoms with Gasteiger partial charge in [-0.2, -0.15) is 0 Å². The Bertz CT molecular complexity index is 1050. The lowest BCUT2D eigenvalue weighted by Crippen LogP contribution is -2.65. The first-order valence-corrected chi connectivity index (χ1v) is 10.7. The summed E-state index contributed by atoms with van der Waals surface area (Å²) in [7, 11) is 1.61. The Hall–Kier alpha value is -2.61. The summed E-state index contributed by atoms with van der Waals surface area (Å²) in [6.07, 6.45) is 3.19. The Morgan fingerprint density at radius 3 is 2.65 bits per heavy atom. The quantitative estimate of drug-likeness (QED) is 0.788. The number of aryl methyl sites for hydroxylation is 1. The lowest BCUT2D eigenvalue weighted by atomic mass is 9.62. The van der Waals surface area contributed by atoms with Crippen LogP contribution >= 0.6 is 0 Å². The van der Waals surface area contributed by atoms with Gasteiger partial charge in [-0.15, -0.1) is 0 Å². The smallest absolute Gasteiger partial charge is 0.407 e. The molecular weight excluding hydrogens is 401 g/mol. The molecule has 2 heterocycles. The fraction of sp³-hybridized carbons (Fsp3) is 0.565. The minimum Gasteiger partial charge on any atom is -0.490 e. The number of benzene rings is 1. The Morgan fingerprint density at radius 1 is 1.26 bits per heavy atom. The van der Waals surface area contributed by atoms with Crippen molar-refractivity contribution in [3.8, 4) is 5.75 Å². The maximum Gasteiger partial charge on any atom is 0.407 e. The number of rotatable bonds is 5. The van der Waals surface area contributed by atoms with Crippen LogP contribution in [0, 0.1) is 11.2 Å². The zero-order valence-electron chi connectivity index (χ0n) is 18.5. The molecule has 1 N–H and O–H groups in total. The fourth-order valence-corrected chi connectivity index (χ4v) is 4.61. The molecule has 4 rings (SSSR count). The van der Waals surface area contributed by atoms with Crippen molar-refractivity contribution < 1.29 is 18.7 Å². The van der Waals surface area contributed by atoms with Crippen LogP contribution in [0.3, 0.4) is 0 Å². The molecule has 1 aliphatic heterocycles. The van der Waals surface area contributed by atoms with E-state index in [0.717, 1.165) is 32.5 Å². The van der Waals surface area contributed by atoms with Gasteiger partial charge in [-0.3, -0.25) is 4.79 Å². The second kappa shape index (κ2) is 7.82. The van der Waals surface area contributed by atoms with Crippen molar-refractivity contribution in [2.24, 2.45) is 12.5 Å². The van der Waals surface area contributed by atoms with Crippen LogP contribution in [0.25, 0.3) is 10.8 Å². The molecule has 1 spiro atoms. The summed E-state index contributed by atoms with van der Waals surface area (Å²) in [5.74, 6) is 0.0370. The summed E-state index contributed by atoms with van der Waals surface area (Å²) in [6.45, 7) is 8.83. The Labute approximate surface area is 181 Å². The van der Waals surface area contributed by atoms with E-state index >= 15 is 0 Å². The molecule has 7 nitrogen and oxygen atoms in total. The molecular formula is C23H30FN3O4. The summed E-state index contributed by atoms with van der Waals surface area (Å²) in [5, 5.41) is 3.38. The van der Waals surface area contributed by atoms with Crippen LogP contribution in [-0.4, -0.2) is 53.4 Å². The van der Waals surface area contributed by atoms with E-state index in [2.05, 4.69) is 10.2 Å². The SMILES string of the molecule is Cn1ccc2c(OC3CC4(C3)CN(CCNC(=O)OC(C)(C)C)C4)ccc(F)c2c1=O. The van der Waals surface area contributed by atoms with Crippen molar-refractivity contribution in [1.82, 2.24) is 14.8 Å². The summed E-state index contributed by atoms with van der Waals surface area (Å²) in [5.41, 5.74) is -0.586. The molecule has 168 valence electrons. The number of amides is 1. The van der Waals surface area contributed by atoms with E-state index in [1.165, 1.54) is 10.6 Å². The van der Waals surface area contributed by atoms with E-state index in [4.69, 9.17) is 9.47 Å². The van der Waals surface area contributed by atoms with Gasteiger partial charge in [-0.1, -0.05) is 0 Å². The van der Waals surface area contributed by atoms with Crippen molar-refractivity contribution in [1.29, 1.82) is 0 Å². The number of aromatic nitrogens is 1. The van der Waals surface area contributed by atoms with Gasteiger partial charge in [-0.05, 0) is 51.8 Å². The van der Waals surface area contributed by atoms with Crippen LogP contribution in [0.4, 0.5) is 9.18 Å². The molecule has 1 saturated heterocycles. The predicted octanol–water partition coefficient (Wildman–Crippen LogP) is 3.05. The van der Waals surface area contributed by atoms with Gasteiger partial charge in [0.2, 0.25) is 0 Å². The maximum atomic E-state index is 14.2. The van der Waals surface area contributed by atoms with Crippen LogP contribution in [0.5, 0.6) is 5.75 Å². The topological polar surface area (TPSA) is 72.8 Å². The molecule has 0 unspecified atom stereocenters. The highest BCUT2D eigenvalue weighted by atomic mass is 19.1. The molecule has 2 aromatic rings. The number of alkyl carbamates (subject to hydrolysis) is 1. The van der Waals surface area contributed by atoms with Gasteiger partial charge in [0.15, 0.2) is 0 Å². The summed E-state index contributed by atoms with van der Waals surface area (Å²) in [4.78, 5) is 26.3. The number of pyridine rings is 1. The highest BCUT2D eigenvalue weighted by Crippen LogP contribution is 2.49. The van der Waals surface area contributed by atoms with Crippen molar-refractivity contribution in [2.45, 2.75) is 45.3 Å². The second-order valence-electron chi connectivity index (χ2n) is 9.85. The maximum absolute atomic E-state index is 14.2. The third kappa shape index (κ3) is 4.54. The first kappa shape index (κ1) is 21.6. The van der Waals surface area contributed by atoms with Gasteiger partial charge in [-0.25, -0.2) is 9.18 Å². The minimum absolute atomic E-state index is 0.0692. The molecule has 2 fully saturated rings. The van der Waals surface area contributed by atoms with Crippen molar-refractivity contribution >= 4 is 16.9 Å². The van der Waals surface area contributed by atoms with Crippen LogP contribution in [0.2, 0.25) is 0 Å². The third-order valence-electron chi connectivity index (χ3n) is 5.98. The fourth-order valence-electron chi connectivity index (χ4n) is 4.61. The molecule has 1 saturated carbocycles. The minimum atomic E-state index is -0.525. The highest BCUT2D eigenvalue weighted by molar-refractivity contribution is 5.88. The highest BCUT2D eigenvalue weighted by Gasteiger charge is 2.53. The van der Waals surface area contributed by atoms with Crippen molar-refractivity contribution in [3.63, 3.8) is 0 Å². The molecule has 1 aliphatic carbocycles. The molecule has 1 aromatic carbocycles. The average Bonchev–Trinajstić information content (AvgIpc) is 2.60. The van der Waals surface area contributed by atoms with Crippen LogP contribution in [0.15, 0.2) is 29.2 Å². The van der Waals surface area contributed by atoms with Crippen LogP contribution in [-0.2, 0) is 11.8 Å². The first-order chi connectivity index (χ1) is 14.6. The molecule has 0 atom stereocenters. The molecule has 8 heteroatoms. The van der Waals surface area contributed by atoms with Crippen LogP contribution < -0.4 is 15.6 Å². The third-order valence-corrected chi connectivity index (χ3v) is 5.98. The Morgan fingerprint density at radius 2 is 1.97 bits per heavy atom. The normalized spacial score (nSPS) is 18.5. The lowest BCUT2D eigenvalue weighted by molar-refractivity contribution is -0.117. The van der Waals surface area contributed by atoms with E-state index in [9.17, 15) is 14.0 Å². The molecule has 31 heavy (non-hydrogen) atoms. The zero-order valence-corrected chi connectivity index (χ0v) is 18.5. The number of carbonyl (C=O) groups excluding carboxylic acids is 1. The van der Waals surface area contributed by atoms with Gasteiger partial charge in [0.25, 0.3) is 5.56 Å². The van der Waals surface area contributed by atoms with E-state index < -0.39 is 11.4 Å². The predicted molar refractivity (Wildman–Crippen MR) is 116 cm³/mol. The number of hydrogen-bond acceptors (Lipinski definition) is 5. The zero-order chi connectivity index (χ0) is 22.4. The number of nitrogens with one attached hydrogen (secondary N) is 1. The molecule has 0 radical (unpaired) electrons. The monoisotopic (exact) mass is 431 g/mol. The average molecular weight is 432 g/mol. The van der Waals surface area contributed by atoms with Gasteiger partial charge in [0.05, 0.1) is 11.5 Å². The van der Waals surface area contributed by atoms with Gasteiger partial charge >= 0.3 is 6.09 Å². The molecule has 1 aromatic heterocycles. The number of nitrogens with zero attached hydrogens (tertiary/aromatic N) is 2. The van der Waals surface area contributed by atoms with Gasteiger partial charge in [0.1, 0.15) is 17.2 Å². The largest absolute Gasteiger partial charge is 0.490 e. The molecule has 0 bridgehead atoms. The first-order valence-electron chi connectivity index (χ1n) is 10.7. The van der Waals surface area contributed by atoms with Crippen molar-refractivity contribution in [3.05, 3.63) is 40.6 Å². The van der Waals surface area contributed by atoms with E-state index in [0.29, 0.717) is 17.7 Å². The number of carbonyl (C=O) groups is 1. The summed E-state index contributed by atoms with van der Waals surface area (Å²) in [6, 6.07) is 4.64. The number of fused-ring (bicyclic) bond motifs is 1. The second-order valence-corrected chi connectivity index (χ2v) is 9.85. The van der Waals surface area contributed by atoms with Crippen molar-refractivity contribution in [2.75, 3.05) is 26.2 Å².